The quantitative estimate of drug-likeness (QED) is 0.777. The summed E-state index contributed by atoms with van der Waals surface area (Å²) in [5.74, 6) is 0.0599. The third kappa shape index (κ3) is 4.83. The molecule has 0 aromatic heterocycles. The van der Waals surface area contributed by atoms with Gasteiger partial charge in [0.15, 0.2) is 0 Å². The molecule has 0 aromatic rings. The molecule has 0 aromatic carbocycles. The lowest BCUT2D eigenvalue weighted by molar-refractivity contribution is -0.146. The molecule has 2 amide bonds. The second-order valence-corrected chi connectivity index (χ2v) is 5.90. The van der Waals surface area contributed by atoms with E-state index in [-0.39, 0.29) is 24.2 Å². The van der Waals surface area contributed by atoms with E-state index in [0.717, 1.165) is 39.0 Å². The van der Waals surface area contributed by atoms with Crippen LogP contribution in [0.1, 0.15) is 38.5 Å². The first-order valence-electron chi connectivity index (χ1n) is 8.00. The van der Waals surface area contributed by atoms with Crippen molar-refractivity contribution in [3.05, 3.63) is 0 Å². The van der Waals surface area contributed by atoms with Crippen LogP contribution < -0.4 is 10.6 Å². The SMILES string of the molecule is COC1(C(=O)NCCC(=O)N2CCCCC2)CCNCC1.Cl. The van der Waals surface area contributed by atoms with Gasteiger partial charge in [0, 0.05) is 33.2 Å². The summed E-state index contributed by atoms with van der Waals surface area (Å²) in [6, 6.07) is 0. The summed E-state index contributed by atoms with van der Waals surface area (Å²) in [6.07, 6.45) is 5.13. The molecule has 2 aliphatic heterocycles. The van der Waals surface area contributed by atoms with E-state index in [4.69, 9.17) is 4.74 Å². The molecule has 0 saturated carbocycles. The average Bonchev–Trinajstić information content (AvgIpc) is 2.56. The van der Waals surface area contributed by atoms with Gasteiger partial charge in [-0.1, -0.05) is 0 Å². The number of methoxy groups -OCH3 is 1. The lowest BCUT2D eigenvalue weighted by atomic mass is 9.91. The van der Waals surface area contributed by atoms with Crippen molar-refractivity contribution < 1.29 is 14.3 Å². The zero-order valence-corrected chi connectivity index (χ0v) is 14.2. The predicted octanol–water partition coefficient (Wildman–Crippen LogP) is 0.696. The number of piperidine rings is 2. The first-order chi connectivity index (χ1) is 10.2. The van der Waals surface area contributed by atoms with Gasteiger partial charge in [-0.25, -0.2) is 0 Å². The number of nitrogens with zero attached hydrogens (tertiary/aromatic N) is 1. The zero-order valence-electron chi connectivity index (χ0n) is 13.4. The van der Waals surface area contributed by atoms with Gasteiger partial charge in [0.25, 0.3) is 5.91 Å². The Morgan fingerprint density at radius 1 is 1.18 bits per heavy atom. The van der Waals surface area contributed by atoms with E-state index in [1.54, 1.807) is 7.11 Å². The molecule has 6 nitrogen and oxygen atoms in total. The van der Waals surface area contributed by atoms with E-state index >= 15 is 0 Å². The van der Waals surface area contributed by atoms with Crippen molar-refractivity contribution in [2.24, 2.45) is 0 Å². The number of amides is 2. The lowest BCUT2D eigenvalue weighted by Crippen LogP contribution is -2.54. The fourth-order valence-corrected chi connectivity index (χ4v) is 3.10. The van der Waals surface area contributed by atoms with E-state index in [1.807, 2.05) is 4.90 Å². The summed E-state index contributed by atoms with van der Waals surface area (Å²) in [7, 11) is 1.59. The molecule has 0 radical (unpaired) electrons. The highest BCUT2D eigenvalue weighted by molar-refractivity contribution is 5.86. The molecule has 0 spiro atoms. The van der Waals surface area contributed by atoms with Gasteiger partial charge in [0.05, 0.1) is 0 Å². The number of carbonyl (C=O) groups excluding carboxylic acids is 2. The number of likely N-dealkylation sites (tertiary alicyclic amines) is 1. The van der Waals surface area contributed by atoms with Gasteiger partial charge in [-0.2, -0.15) is 0 Å². The van der Waals surface area contributed by atoms with E-state index in [9.17, 15) is 9.59 Å². The van der Waals surface area contributed by atoms with Crippen LogP contribution in [0.25, 0.3) is 0 Å². The van der Waals surface area contributed by atoms with Crippen LogP contribution >= 0.6 is 12.4 Å². The predicted molar refractivity (Wildman–Crippen MR) is 87.1 cm³/mol. The Morgan fingerprint density at radius 3 is 2.41 bits per heavy atom. The van der Waals surface area contributed by atoms with Crippen molar-refractivity contribution in [3.8, 4) is 0 Å². The number of carbonyl (C=O) groups is 2. The van der Waals surface area contributed by atoms with Crippen LogP contribution in [0.2, 0.25) is 0 Å². The molecule has 2 fully saturated rings. The first kappa shape index (κ1) is 19.2. The number of nitrogens with one attached hydrogen (secondary N) is 2. The molecule has 2 heterocycles. The third-order valence-electron chi connectivity index (χ3n) is 4.55. The van der Waals surface area contributed by atoms with Crippen LogP contribution in [-0.2, 0) is 14.3 Å². The van der Waals surface area contributed by atoms with Crippen LogP contribution in [0.3, 0.4) is 0 Å². The molecular formula is C15H28ClN3O3. The fourth-order valence-electron chi connectivity index (χ4n) is 3.10. The molecule has 0 bridgehead atoms. The highest BCUT2D eigenvalue weighted by Crippen LogP contribution is 2.22. The number of ether oxygens (including phenoxy) is 1. The number of rotatable bonds is 5. The van der Waals surface area contributed by atoms with Crippen LogP contribution in [0.5, 0.6) is 0 Å². The minimum Gasteiger partial charge on any atom is -0.368 e. The van der Waals surface area contributed by atoms with Crippen LogP contribution in [-0.4, -0.2) is 62.1 Å². The second kappa shape index (κ2) is 9.33. The highest BCUT2D eigenvalue weighted by Gasteiger charge is 2.39. The van der Waals surface area contributed by atoms with E-state index in [1.165, 1.54) is 6.42 Å². The molecule has 7 heteroatoms. The van der Waals surface area contributed by atoms with Crippen molar-refractivity contribution in [1.82, 2.24) is 15.5 Å². The van der Waals surface area contributed by atoms with E-state index < -0.39 is 5.60 Å². The molecule has 0 unspecified atom stereocenters. The molecular weight excluding hydrogens is 306 g/mol. The Labute approximate surface area is 138 Å². The second-order valence-electron chi connectivity index (χ2n) is 5.90. The van der Waals surface area contributed by atoms with Gasteiger partial charge in [-0.15, -0.1) is 12.4 Å². The van der Waals surface area contributed by atoms with Crippen molar-refractivity contribution in [2.75, 3.05) is 39.8 Å². The van der Waals surface area contributed by atoms with Gasteiger partial charge in [-0.05, 0) is 45.2 Å². The minimum atomic E-state index is -0.723. The molecule has 2 rings (SSSR count). The van der Waals surface area contributed by atoms with Gasteiger partial charge < -0.3 is 20.3 Å². The summed E-state index contributed by atoms with van der Waals surface area (Å²) in [5, 5.41) is 6.10. The zero-order chi connectivity index (χ0) is 15.1. The maximum Gasteiger partial charge on any atom is 0.252 e. The van der Waals surface area contributed by atoms with Crippen molar-refractivity contribution >= 4 is 24.2 Å². The number of hydrogen-bond acceptors (Lipinski definition) is 4. The highest BCUT2D eigenvalue weighted by atomic mass is 35.5. The lowest BCUT2D eigenvalue weighted by Gasteiger charge is -2.34. The maximum absolute atomic E-state index is 12.3. The molecule has 2 N–H and O–H groups in total. The Kier molecular flexibility index (Phi) is 8.14. The van der Waals surface area contributed by atoms with Crippen LogP contribution in [0.4, 0.5) is 0 Å². The Morgan fingerprint density at radius 2 is 1.82 bits per heavy atom. The maximum atomic E-state index is 12.3. The molecule has 0 aliphatic carbocycles. The summed E-state index contributed by atoms with van der Waals surface area (Å²) < 4.78 is 5.47. The van der Waals surface area contributed by atoms with Crippen molar-refractivity contribution in [2.45, 2.75) is 44.1 Å². The molecule has 0 atom stereocenters. The van der Waals surface area contributed by atoms with E-state index in [2.05, 4.69) is 10.6 Å². The summed E-state index contributed by atoms with van der Waals surface area (Å²) in [6.45, 7) is 3.69. The van der Waals surface area contributed by atoms with Gasteiger partial charge >= 0.3 is 0 Å². The summed E-state index contributed by atoms with van der Waals surface area (Å²) >= 11 is 0. The largest absolute Gasteiger partial charge is 0.368 e. The van der Waals surface area contributed by atoms with Crippen molar-refractivity contribution in [3.63, 3.8) is 0 Å². The molecule has 2 aliphatic rings. The first-order valence-corrected chi connectivity index (χ1v) is 8.00. The number of halogens is 1. The Balaban J connectivity index is 0.00000242. The fraction of sp³-hybridized carbons (Fsp3) is 0.867. The van der Waals surface area contributed by atoms with Gasteiger partial charge in [0.1, 0.15) is 5.60 Å². The summed E-state index contributed by atoms with van der Waals surface area (Å²) in [4.78, 5) is 26.3. The third-order valence-corrected chi connectivity index (χ3v) is 4.55. The van der Waals surface area contributed by atoms with Crippen LogP contribution in [0.15, 0.2) is 0 Å². The normalized spacial score (nSPS) is 20.9. The smallest absolute Gasteiger partial charge is 0.252 e. The van der Waals surface area contributed by atoms with Gasteiger partial charge in [0.2, 0.25) is 5.91 Å². The van der Waals surface area contributed by atoms with Crippen molar-refractivity contribution in [1.29, 1.82) is 0 Å². The van der Waals surface area contributed by atoms with Crippen LogP contribution in [0, 0.1) is 0 Å². The monoisotopic (exact) mass is 333 g/mol. The standard InChI is InChI=1S/C15H27N3O3.ClH/c1-21-15(6-9-16-10-7-15)14(20)17-8-5-13(19)18-11-3-2-4-12-18;/h16H,2-12H2,1H3,(H,17,20);1H. The average molecular weight is 334 g/mol. The minimum absolute atomic E-state index is 0. The molecule has 22 heavy (non-hydrogen) atoms. The molecule has 128 valence electrons. The topological polar surface area (TPSA) is 70.7 Å². The van der Waals surface area contributed by atoms with Gasteiger partial charge in [-0.3, -0.25) is 9.59 Å². The number of hydrogen-bond donors (Lipinski definition) is 2. The van der Waals surface area contributed by atoms with E-state index in [0.29, 0.717) is 25.8 Å². The Bertz CT molecular complexity index is 367. The Hall–Kier alpha value is -0.850. The molecule has 2 saturated heterocycles. The summed E-state index contributed by atoms with van der Waals surface area (Å²) in [5.41, 5.74) is -0.723.